The van der Waals surface area contributed by atoms with Crippen LogP contribution in [0.25, 0.3) is 105 Å². The molecule has 0 aliphatic rings. The Morgan fingerprint density at radius 2 is 0.579 bits per heavy atom. The standard InChI is InChI=1S/C54H35N3/c1-2-18-36(19-3-1)53-52(56-47-29-13-6-22-39(47)40-23-7-14-30-48(40)56)35-34-44(54(53)57-50-32-16-8-24-41(50)42-25-9-17-33-51(42)57)43-26-10-15-31-49(43)55-45-27-11-4-20-37(45)38-21-5-12-28-46(38)55/h1-35H. The van der Waals surface area contributed by atoms with E-state index in [0.717, 1.165) is 33.8 Å². The molecular weight excluding hydrogens is 691 g/mol. The van der Waals surface area contributed by atoms with E-state index in [1.807, 2.05) is 0 Å². The zero-order valence-corrected chi connectivity index (χ0v) is 31.0. The molecule has 3 heteroatoms. The van der Waals surface area contributed by atoms with E-state index < -0.39 is 0 Å². The van der Waals surface area contributed by atoms with Gasteiger partial charge < -0.3 is 13.7 Å². The predicted molar refractivity (Wildman–Crippen MR) is 240 cm³/mol. The molecule has 0 saturated carbocycles. The fraction of sp³-hybridized carbons (Fsp3) is 0. The van der Waals surface area contributed by atoms with Gasteiger partial charge in [0.15, 0.2) is 0 Å². The van der Waals surface area contributed by atoms with Crippen LogP contribution in [0.15, 0.2) is 212 Å². The molecule has 0 bridgehead atoms. The van der Waals surface area contributed by atoms with E-state index in [2.05, 4.69) is 226 Å². The zero-order valence-electron chi connectivity index (χ0n) is 31.0. The van der Waals surface area contributed by atoms with Gasteiger partial charge in [0.25, 0.3) is 0 Å². The molecule has 0 spiro atoms. The van der Waals surface area contributed by atoms with Crippen molar-refractivity contribution >= 4 is 65.4 Å². The van der Waals surface area contributed by atoms with Crippen LogP contribution >= 0.6 is 0 Å². The minimum absolute atomic E-state index is 1.13. The summed E-state index contributed by atoms with van der Waals surface area (Å²) in [6.45, 7) is 0. The van der Waals surface area contributed by atoms with Crippen LogP contribution in [-0.2, 0) is 0 Å². The lowest BCUT2D eigenvalue weighted by Crippen LogP contribution is -2.07. The molecule has 0 aliphatic carbocycles. The first kappa shape index (κ1) is 31.7. The van der Waals surface area contributed by atoms with E-state index in [0.29, 0.717) is 0 Å². The van der Waals surface area contributed by atoms with Gasteiger partial charge in [-0.25, -0.2) is 0 Å². The van der Waals surface area contributed by atoms with E-state index in [1.165, 1.54) is 71.0 Å². The normalized spacial score (nSPS) is 11.9. The molecule has 3 nitrogen and oxygen atoms in total. The Morgan fingerprint density at radius 3 is 1.04 bits per heavy atom. The molecule has 0 atom stereocenters. The second kappa shape index (κ2) is 12.5. The molecule has 0 saturated heterocycles. The first-order valence-electron chi connectivity index (χ1n) is 19.6. The van der Waals surface area contributed by atoms with Gasteiger partial charge in [-0.1, -0.05) is 164 Å². The van der Waals surface area contributed by atoms with Crippen molar-refractivity contribution in [3.63, 3.8) is 0 Å². The molecule has 12 rings (SSSR count). The maximum absolute atomic E-state index is 2.53. The van der Waals surface area contributed by atoms with Crippen LogP contribution in [0.1, 0.15) is 0 Å². The van der Waals surface area contributed by atoms with Crippen molar-refractivity contribution in [2.45, 2.75) is 0 Å². The van der Waals surface area contributed by atoms with Crippen molar-refractivity contribution < 1.29 is 0 Å². The second-order valence-corrected chi connectivity index (χ2v) is 14.8. The van der Waals surface area contributed by atoms with Crippen LogP contribution in [0.4, 0.5) is 0 Å². The Hall–Kier alpha value is -7.62. The number of fused-ring (bicyclic) bond motifs is 9. The third-order valence-corrected chi connectivity index (χ3v) is 11.9. The number of para-hydroxylation sites is 7. The summed E-state index contributed by atoms with van der Waals surface area (Å²) in [4.78, 5) is 0. The smallest absolute Gasteiger partial charge is 0.0640 e. The summed E-state index contributed by atoms with van der Waals surface area (Å²) in [5.74, 6) is 0. The molecule has 266 valence electrons. The van der Waals surface area contributed by atoms with Gasteiger partial charge in [0, 0.05) is 49.0 Å². The molecule has 0 aliphatic heterocycles. The minimum atomic E-state index is 1.13. The minimum Gasteiger partial charge on any atom is -0.309 e. The van der Waals surface area contributed by atoms with Gasteiger partial charge in [0.1, 0.15) is 0 Å². The Balaban J connectivity index is 1.30. The van der Waals surface area contributed by atoms with Crippen LogP contribution in [0.3, 0.4) is 0 Å². The average Bonchev–Trinajstić information content (AvgIpc) is 3.92. The highest BCUT2D eigenvalue weighted by atomic mass is 15.0. The lowest BCUT2D eigenvalue weighted by atomic mass is 9.92. The maximum atomic E-state index is 2.53. The first-order valence-corrected chi connectivity index (χ1v) is 19.6. The molecule has 3 heterocycles. The van der Waals surface area contributed by atoms with E-state index >= 15 is 0 Å². The fourth-order valence-corrected chi connectivity index (χ4v) is 9.53. The van der Waals surface area contributed by atoms with Gasteiger partial charge in [-0.2, -0.15) is 0 Å². The highest BCUT2D eigenvalue weighted by molar-refractivity contribution is 6.14. The van der Waals surface area contributed by atoms with Crippen molar-refractivity contribution in [3.05, 3.63) is 212 Å². The van der Waals surface area contributed by atoms with Crippen molar-refractivity contribution in [1.29, 1.82) is 0 Å². The van der Waals surface area contributed by atoms with Crippen LogP contribution in [0.2, 0.25) is 0 Å². The molecule has 0 unspecified atom stereocenters. The van der Waals surface area contributed by atoms with Gasteiger partial charge in [-0.15, -0.1) is 0 Å². The van der Waals surface area contributed by atoms with Gasteiger partial charge in [0.05, 0.1) is 50.2 Å². The molecule has 57 heavy (non-hydrogen) atoms. The number of benzene rings is 9. The number of hydrogen-bond donors (Lipinski definition) is 0. The summed E-state index contributed by atoms with van der Waals surface area (Å²) in [6.07, 6.45) is 0. The molecule has 12 aromatic rings. The molecule has 0 radical (unpaired) electrons. The van der Waals surface area contributed by atoms with Crippen LogP contribution in [-0.4, -0.2) is 13.7 Å². The Bertz CT molecular complexity index is 3360. The van der Waals surface area contributed by atoms with Gasteiger partial charge in [0.2, 0.25) is 0 Å². The van der Waals surface area contributed by atoms with Crippen molar-refractivity contribution in [2.75, 3.05) is 0 Å². The van der Waals surface area contributed by atoms with E-state index in [1.54, 1.807) is 0 Å². The summed E-state index contributed by atoms with van der Waals surface area (Å²) in [5.41, 5.74) is 15.1. The van der Waals surface area contributed by atoms with Crippen molar-refractivity contribution in [2.24, 2.45) is 0 Å². The monoisotopic (exact) mass is 725 g/mol. The maximum Gasteiger partial charge on any atom is 0.0640 e. The van der Waals surface area contributed by atoms with Crippen molar-refractivity contribution in [3.8, 4) is 39.3 Å². The zero-order chi connectivity index (χ0) is 37.5. The number of aromatic nitrogens is 3. The predicted octanol–water partition coefficient (Wildman–Crippen LogP) is 14.3. The lowest BCUT2D eigenvalue weighted by Gasteiger charge is -2.25. The third kappa shape index (κ3) is 4.60. The SMILES string of the molecule is c1ccc(-c2c(-n3c4ccccc4c4ccccc43)ccc(-c3ccccc3-n3c4ccccc4c4ccccc43)c2-n2c3ccccc3c3ccccc32)cc1. The average molecular weight is 726 g/mol. The molecule has 0 fully saturated rings. The second-order valence-electron chi connectivity index (χ2n) is 14.8. The van der Waals surface area contributed by atoms with E-state index in [-0.39, 0.29) is 0 Å². The Labute approximate surface area is 329 Å². The molecule has 3 aromatic heterocycles. The summed E-state index contributed by atoms with van der Waals surface area (Å²) in [6, 6.07) is 77.6. The highest BCUT2D eigenvalue weighted by Crippen LogP contribution is 2.47. The largest absolute Gasteiger partial charge is 0.309 e. The summed E-state index contributed by atoms with van der Waals surface area (Å²) in [5, 5.41) is 7.44. The topological polar surface area (TPSA) is 14.8 Å². The van der Waals surface area contributed by atoms with Crippen LogP contribution in [0, 0.1) is 0 Å². The molecular formula is C54H35N3. The first-order chi connectivity index (χ1) is 28.3. The fourth-order valence-electron chi connectivity index (χ4n) is 9.53. The molecule has 0 N–H and O–H groups in total. The van der Waals surface area contributed by atoms with Gasteiger partial charge in [-0.3, -0.25) is 0 Å². The van der Waals surface area contributed by atoms with Crippen LogP contribution in [0.5, 0.6) is 0 Å². The van der Waals surface area contributed by atoms with Crippen LogP contribution < -0.4 is 0 Å². The van der Waals surface area contributed by atoms with E-state index in [4.69, 9.17) is 0 Å². The highest BCUT2D eigenvalue weighted by Gasteiger charge is 2.26. The molecule has 0 amide bonds. The number of hydrogen-bond acceptors (Lipinski definition) is 0. The Kier molecular flexibility index (Phi) is 6.93. The van der Waals surface area contributed by atoms with Crippen molar-refractivity contribution in [1.82, 2.24) is 13.7 Å². The Morgan fingerprint density at radius 1 is 0.228 bits per heavy atom. The number of nitrogens with zero attached hydrogens (tertiary/aromatic N) is 3. The number of rotatable bonds is 5. The summed E-state index contributed by atoms with van der Waals surface area (Å²) in [7, 11) is 0. The molecule has 9 aromatic carbocycles. The van der Waals surface area contributed by atoms with E-state index in [9.17, 15) is 0 Å². The third-order valence-electron chi connectivity index (χ3n) is 11.9. The van der Waals surface area contributed by atoms with Gasteiger partial charge >= 0.3 is 0 Å². The summed E-state index contributed by atoms with van der Waals surface area (Å²) >= 11 is 0. The van der Waals surface area contributed by atoms with Gasteiger partial charge in [-0.05, 0) is 54.1 Å². The summed E-state index contributed by atoms with van der Waals surface area (Å²) < 4.78 is 7.47. The lowest BCUT2D eigenvalue weighted by molar-refractivity contribution is 1.13. The quantitative estimate of drug-likeness (QED) is 0.168.